The summed E-state index contributed by atoms with van der Waals surface area (Å²) < 4.78 is 41.1. The van der Waals surface area contributed by atoms with E-state index >= 15 is 0 Å². The Balaban J connectivity index is 1.84. The number of aryl methyl sites for hydroxylation is 1. The van der Waals surface area contributed by atoms with E-state index in [0.29, 0.717) is 6.54 Å². The fourth-order valence-electron chi connectivity index (χ4n) is 2.27. The first kappa shape index (κ1) is 15.2. The van der Waals surface area contributed by atoms with Gasteiger partial charge in [-0.05, 0) is 25.9 Å². The van der Waals surface area contributed by atoms with Gasteiger partial charge in [-0.1, -0.05) is 11.6 Å². The van der Waals surface area contributed by atoms with Gasteiger partial charge in [0.05, 0.1) is 12.5 Å². The molecular weight excluding hydrogens is 273 g/mol. The lowest BCUT2D eigenvalue weighted by Gasteiger charge is -2.27. The second-order valence-corrected chi connectivity index (χ2v) is 5.13. The van der Waals surface area contributed by atoms with E-state index in [9.17, 15) is 13.2 Å². The third-order valence-electron chi connectivity index (χ3n) is 3.34. The van der Waals surface area contributed by atoms with E-state index < -0.39 is 18.6 Å². The lowest BCUT2D eigenvalue weighted by molar-refractivity contribution is -0.134. The van der Waals surface area contributed by atoms with Crippen molar-refractivity contribution in [1.29, 1.82) is 0 Å². The standard InChI is InChI=1S/C12H19F3N4O/c13-12(14,15)5-4-10-17-11(18-20-10)9(16)8-19-6-2-1-3-7-19/h9H,1-8,16H2. The molecule has 0 radical (unpaired) electrons. The summed E-state index contributed by atoms with van der Waals surface area (Å²) in [6.07, 6.45) is -1.95. The van der Waals surface area contributed by atoms with Gasteiger partial charge >= 0.3 is 6.18 Å². The molecule has 1 aliphatic rings. The van der Waals surface area contributed by atoms with Crippen molar-refractivity contribution in [2.75, 3.05) is 19.6 Å². The first-order chi connectivity index (χ1) is 9.44. The van der Waals surface area contributed by atoms with Gasteiger partial charge in [-0.25, -0.2) is 0 Å². The number of halogens is 3. The van der Waals surface area contributed by atoms with E-state index in [1.165, 1.54) is 6.42 Å². The zero-order valence-corrected chi connectivity index (χ0v) is 11.2. The van der Waals surface area contributed by atoms with Crippen LogP contribution in [0, 0.1) is 0 Å². The molecule has 1 aromatic heterocycles. The summed E-state index contributed by atoms with van der Waals surface area (Å²) in [6, 6.07) is -0.420. The molecule has 1 unspecified atom stereocenters. The number of rotatable bonds is 5. The predicted molar refractivity (Wildman–Crippen MR) is 65.9 cm³/mol. The van der Waals surface area contributed by atoms with Gasteiger partial charge in [-0.2, -0.15) is 18.2 Å². The molecule has 0 aliphatic carbocycles. The van der Waals surface area contributed by atoms with Gasteiger partial charge in [0.2, 0.25) is 5.89 Å². The third kappa shape index (κ3) is 4.75. The summed E-state index contributed by atoms with van der Waals surface area (Å²) in [6.45, 7) is 2.59. The maximum absolute atomic E-state index is 12.1. The second-order valence-electron chi connectivity index (χ2n) is 5.13. The molecule has 0 bridgehead atoms. The first-order valence-electron chi connectivity index (χ1n) is 6.81. The fourth-order valence-corrected chi connectivity index (χ4v) is 2.27. The Kier molecular flexibility index (Phi) is 4.98. The monoisotopic (exact) mass is 292 g/mol. The second kappa shape index (κ2) is 6.53. The van der Waals surface area contributed by atoms with Gasteiger partial charge in [-0.3, -0.25) is 0 Å². The van der Waals surface area contributed by atoms with Gasteiger partial charge in [0, 0.05) is 13.0 Å². The molecule has 2 heterocycles. The number of piperidine rings is 1. The number of nitrogens with zero attached hydrogens (tertiary/aromatic N) is 3. The van der Waals surface area contributed by atoms with E-state index in [1.54, 1.807) is 0 Å². The normalized spacial score (nSPS) is 19.2. The number of alkyl halides is 3. The van der Waals surface area contributed by atoms with Crippen LogP contribution in [0.4, 0.5) is 13.2 Å². The third-order valence-corrected chi connectivity index (χ3v) is 3.34. The first-order valence-corrected chi connectivity index (χ1v) is 6.81. The molecule has 0 amide bonds. The number of aromatic nitrogens is 2. The van der Waals surface area contributed by atoms with Gasteiger partial charge in [0.1, 0.15) is 0 Å². The van der Waals surface area contributed by atoms with Crippen molar-refractivity contribution in [2.45, 2.75) is 44.3 Å². The van der Waals surface area contributed by atoms with E-state index in [2.05, 4.69) is 15.0 Å². The van der Waals surface area contributed by atoms with Crippen molar-refractivity contribution in [3.05, 3.63) is 11.7 Å². The molecule has 1 aromatic rings. The SMILES string of the molecule is NC(CN1CCCCC1)c1noc(CCC(F)(F)F)n1. The molecule has 2 N–H and O–H groups in total. The Morgan fingerprint density at radius 1 is 1.25 bits per heavy atom. The average molecular weight is 292 g/mol. The fraction of sp³-hybridized carbons (Fsp3) is 0.833. The quantitative estimate of drug-likeness (QED) is 0.899. The maximum atomic E-state index is 12.1. The van der Waals surface area contributed by atoms with Crippen LogP contribution in [0.2, 0.25) is 0 Å². The number of hydrogen-bond acceptors (Lipinski definition) is 5. The van der Waals surface area contributed by atoms with Crippen molar-refractivity contribution >= 4 is 0 Å². The Morgan fingerprint density at radius 2 is 1.95 bits per heavy atom. The molecule has 5 nitrogen and oxygen atoms in total. The smallest absolute Gasteiger partial charge is 0.339 e. The lowest BCUT2D eigenvalue weighted by Crippen LogP contribution is -2.36. The molecular formula is C12H19F3N4O. The average Bonchev–Trinajstić information content (AvgIpc) is 2.86. The summed E-state index contributed by atoms with van der Waals surface area (Å²) in [7, 11) is 0. The number of hydrogen-bond donors (Lipinski definition) is 1. The summed E-state index contributed by atoms with van der Waals surface area (Å²) in [4.78, 5) is 6.17. The van der Waals surface area contributed by atoms with Crippen LogP contribution in [-0.4, -0.2) is 40.9 Å². The molecule has 1 aliphatic heterocycles. The van der Waals surface area contributed by atoms with E-state index in [0.717, 1.165) is 25.9 Å². The van der Waals surface area contributed by atoms with Crippen LogP contribution < -0.4 is 5.73 Å². The lowest BCUT2D eigenvalue weighted by atomic mass is 10.1. The minimum atomic E-state index is -4.22. The Bertz CT molecular complexity index is 415. The molecule has 20 heavy (non-hydrogen) atoms. The molecule has 0 spiro atoms. The minimum Gasteiger partial charge on any atom is -0.339 e. The van der Waals surface area contributed by atoms with E-state index in [1.807, 2.05) is 0 Å². The van der Waals surface area contributed by atoms with Crippen LogP contribution >= 0.6 is 0 Å². The molecule has 2 rings (SSSR count). The van der Waals surface area contributed by atoms with Gasteiger partial charge in [0.15, 0.2) is 5.82 Å². The molecule has 0 aromatic carbocycles. The highest BCUT2D eigenvalue weighted by atomic mass is 19.4. The topological polar surface area (TPSA) is 68.2 Å². The largest absolute Gasteiger partial charge is 0.389 e. The highest BCUT2D eigenvalue weighted by molar-refractivity contribution is 4.94. The highest BCUT2D eigenvalue weighted by Gasteiger charge is 2.28. The number of nitrogens with two attached hydrogens (primary N) is 1. The zero-order valence-electron chi connectivity index (χ0n) is 11.2. The van der Waals surface area contributed by atoms with Gasteiger partial charge in [0.25, 0.3) is 0 Å². The summed E-state index contributed by atoms with van der Waals surface area (Å²) in [5.74, 6) is 0.277. The van der Waals surface area contributed by atoms with Crippen molar-refractivity contribution in [2.24, 2.45) is 5.73 Å². The Labute approximate surface area is 115 Å². The Hall–Kier alpha value is -1.15. The van der Waals surface area contributed by atoms with Crippen LogP contribution in [0.15, 0.2) is 4.52 Å². The van der Waals surface area contributed by atoms with Crippen molar-refractivity contribution in [3.63, 3.8) is 0 Å². The van der Waals surface area contributed by atoms with E-state index in [4.69, 9.17) is 10.3 Å². The van der Waals surface area contributed by atoms with Crippen molar-refractivity contribution in [1.82, 2.24) is 15.0 Å². The predicted octanol–water partition coefficient (Wildman–Crippen LogP) is 2.05. The zero-order chi connectivity index (χ0) is 14.6. The summed E-state index contributed by atoms with van der Waals surface area (Å²) in [5.41, 5.74) is 5.97. The van der Waals surface area contributed by atoms with Gasteiger partial charge < -0.3 is 15.2 Å². The van der Waals surface area contributed by atoms with Crippen LogP contribution in [-0.2, 0) is 6.42 Å². The van der Waals surface area contributed by atoms with Crippen molar-refractivity contribution < 1.29 is 17.7 Å². The van der Waals surface area contributed by atoms with Crippen LogP contribution in [0.5, 0.6) is 0 Å². The Morgan fingerprint density at radius 3 is 2.60 bits per heavy atom. The van der Waals surface area contributed by atoms with Crippen LogP contribution in [0.3, 0.4) is 0 Å². The highest BCUT2D eigenvalue weighted by Crippen LogP contribution is 2.22. The van der Waals surface area contributed by atoms with Crippen molar-refractivity contribution in [3.8, 4) is 0 Å². The van der Waals surface area contributed by atoms with Crippen LogP contribution in [0.1, 0.15) is 43.4 Å². The molecule has 0 saturated carbocycles. The molecule has 8 heteroatoms. The molecule has 1 fully saturated rings. The van der Waals surface area contributed by atoms with Gasteiger partial charge in [-0.15, -0.1) is 0 Å². The van der Waals surface area contributed by atoms with E-state index in [-0.39, 0.29) is 18.1 Å². The van der Waals surface area contributed by atoms with Crippen LogP contribution in [0.25, 0.3) is 0 Å². The minimum absolute atomic E-state index is 0.00795. The molecule has 114 valence electrons. The molecule has 1 atom stereocenters. The summed E-state index contributed by atoms with van der Waals surface area (Å²) >= 11 is 0. The maximum Gasteiger partial charge on any atom is 0.389 e. The molecule has 1 saturated heterocycles. The summed E-state index contributed by atoms with van der Waals surface area (Å²) in [5, 5.41) is 3.68. The number of likely N-dealkylation sites (tertiary alicyclic amines) is 1.